The Morgan fingerprint density at radius 3 is 1.78 bits per heavy atom. The van der Waals surface area contributed by atoms with Crippen molar-refractivity contribution in [2.45, 2.75) is 79.1 Å². The monoisotopic (exact) mass is 246 g/mol. The maximum Gasteiger partial charge on any atom is -0.0276 e. The van der Waals surface area contributed by atoms with Gasteiger partial charge in [0.25, 0.3) is 0 Å². The minimum atomic E-state index is 1.23. The molecule has 18 heavy (non-hydrogen) atoms. The van der Waals surface area contributed by atoms with E-state index < -0.39 is 0 Å². The van der Waals surface area contributed by atoms with E-state index in [2.05, 4.69) is 39.8 Å². The van der Waals surface area contributed by atoms with Crippen LogP contribution in [0.15, 0.2) is 12.1 Å². The van der Waals surface area contributed by atoms with Crippen molar-refractivity contribution in [3.05, 3.63) is 34.4 Å². The summed E-state index contributed by atoms with van der Waals surface area (Å²) in [6.07, 6.45) is 10.6. The minimum Gasteiger partial charge on any atom is -0.0654 e. The fraction of sp³-hybridized carbons (Fsp3) is 0.667. The standard InChI is InChI=1S/C18H30/c1-5-7-8-9-10-12-18-14-13-17(11-6-2)15(3)16(18)4/h13-14H,5-12H2,1-4H3. The van der Waals surface area contributed by atoms with Crippen LogP contribution in [0.2, 0.25) is 0 Å². The van der Waals surface area contributed by atoms with Gasteiger partial charge in [-0.2, -0.15) is 0 Å². The predicted octanol–water partition coefficient (Wildman–Crippen LogP) is 5.77. The molecule has 0 aliphatic rings. The van der Waals surface area contributed by atoms with E-state index in [1.807, 2.05) is 0 Å². The Hall–Kier alpha value is -0.780. The molecular weight excluding hydrogens is 216 g/mol. The van der Waals surface area contributed by atoms with E-state index in [9.17, 15) is 0 Å². The highest BCUT2D eigenvalue weighted by atomic mass is 14.1. The lowest BCUT2D eigenvalue weighted by atomic mass is 9.93. The van der Waals surface area contributed by atoms with Crippen LogP contribution in [0.4, 0.5) is 0 Å². The highest BCUT2D eigenvalue weighted by molar-refractivity contribution is 5.39. The normalized spacial score (nSPS) is 10.9. The zero-order valence-electron chi connectivity index (χ0n) is 12.8. The van der Waals surface area contributed by atoms with Gasteiger partial charge in [-0.05, 0) is 55.4 Å². The SMILES string of the molecule is CCCCCCCc1ccc(CCC)c(C)c1C. The van der Waals surface area contributed by atoms with Crippen LogP contribution in [0.25, 0.3) is 0 Å². The van der Waals surface area contributed by atoms with Gasteiger partial charge in [0.1, 0.15) is 0 Å². The van der Waals surface area contributed by atoms with E-state index in [0.717, 1.165) is 0 Å². The second kappa shape index (κ2) is 8.34. The predicted molar refractivity (Wildman–Crippen MR) is 82.4 cm³/mol. The van der Waals surface area contributed by atoms with E-state index in [4.69, 9.17) is 0 Å². The van der Waals surface area contributed by atoms with Crippen molar-refractivity contribution in [1.29, 1.82) is 0 Å². The van der Waals surface area contributed by atoms with Crippen molar-refractivity contribution >= 4 is 0 Å². The van der Waals surface area contributed by atoms with Gasteiger partial charge >= 0.3 is 0 Å². The van der Waals surface area contributed by atoms with Gasteiger partial charge < -0.3 is 0 Å². The lowest BCUT2D eigenvalue weighted by Crippen LogP contribution is -1.98. The number of aryl methyl sites for hydroxylation is 2. The van der Waals surface area contributed by atoms with E-state index in [0.29, 0.717) is 0 Å². The molecule has 0 saturated carbocycles. The van der Waals surface area contributed by atoms with Gasteiger partial charge in [-0.25, -0.2) is 0 Å². The van der Waals surface area contributed by atoms with Crippen LogP contribution >= 0.6 is 0 Å². The molecule has 0 unspecified atom stereocenters. The maximum atomic E-state index is 2.37. The molecule has 0 atom stereocenters. The number of hydrogen-bond donors (Lipinski definition) is 0. The Morgan fingerprint density at radius 2 is 1.22 bits per heavy atom. The molecule has 0 N–H and O–H groups in total. The third-order valence-corrected chi connectivity index (χ3v) is 4.08. The molecule has 0 bridgehead atoms. The molecule has 0 radical (unpaired) electrons. The topological polar surface area (TPSA) is 0 Å². The van der Waals surface area contributed by atoms with Crippen molar-refractivity contribution in [3.63, 3.8) is 0 Å². The molecule has 1 aromatic rings. The van der Waals surface area contributed by atoms with Crippen LogP contribution in [0, 0.1) is 13.8 Å². The van der Waals surface area contributed by atoms with Gasteiger partial charge in [0.05, 0.1) is 0 Å². The lowest BCUT2D eigenvalue weighted by molar-refractivity contribution is 0.631. The zero-order valence-corrected chi connectivity index (χ0v) is 12.8. The average Bonchev–Trinajstić information content (AvgIpc) is 2.37. The second-order valence-corrected chi connectivity index (χ2v) is 5.55. The summed E-state index contributed by atoms with van der Waals surface area (Å²) in [6, 6.07) is 4.72. The molecule has 1 rings (SSSR count). The Bertz CT molecular complexity index is 349. The first-order valence-electron chi connectivity index (χ1n) is 7.78. The molecule has 1 aromatic carbocycles. The summed E-state index contributed by atoms with van der Waals surface area (Å²) < 4.78 is 0. The van der Waals surface area contributed by atoms with Crippen LogP contribution in [0.3, 0.4) is 0 Å². The van der Waals surface area contributed by atoms with Crippen LogP contribution in [0.1, 0.15) is 74.6 Å². The van der Waals surface area contributed by atoms with Crippen molar-refractivity contribution in [1.82, 2.24) is 0 Å². The maximum absolute atomic E-state index is 2.37. The van der Waals surface area contributed by atoms with Gasteiger partial charge in [0, 0.05) is 0 Å². The number of hydrogen-bond acceptors (Lipinski definition) is 0. The highest BCUT2D eigenvalue weighted by Gasteiger charge is 2.05. The highest BCUT2D eigenvalue weighted by Crippen LogP contribution is 2.21. The molecule has 0 heteroatoms. The van der Waals surface area contributed by atoms with Crippen molar-refractivity contribution in [2.24, 2.45) is 0 Å². The summed E-state index contributed by atoms with van der Waals surface area (Å²) in [7, 11) is 0. The average molecular weight is 246 g/mol. The van der Waals surface area contributed by atoms with Crippen LogP contribution in [-0.4, -0.2) is 0 Å². The number of rotatable bonds is 8. The molecular formula is C18H30. The number of benzene rings is 1. The summed E-state index contributed by atoms with van der Waals surface area (Å²) in [5.41, 5.74) is 6.19. The Labute approximate surface area is 114 Å². The molecule has 0 spiro atoms. The third kappa shape index (κ3) is 4.48. The van der Waals surface area contributed by atoms with Crippen molar-refractivity contribution in [3.8, 4) is 0 Å². The first kappa shape index (κ1) is 15.3. The molecule has 0 nitrogen and oxygen atoms in total. The van der Waals surface area contributed by atoms with Gasteiger partial charge in [-0.1, -0.05) is 58.1 Å². The molecule has 0 aliphatic carbocycles. The van der Waals surface area contributed by atoms with E-state index in [1.165, 1.54) is 62.5 Å². The van der Waals surface area contributed by atoms with Crippen molar-refractivity contribution in [2.75, 3.05) is 0 Å². The Morgan fingerprint density at radius 1 is 0.667 bits per heavy atom. The molecule has 0 saturated heterocycles. The summed E-state index contributed by atoms with van der Waals surface area (Å²) in [6.45, 7) is 9.13. The van der Waals surface area contributed by atoms with Gasteiger partial charge in [0.2, 0.25) is 0 Å². The smallest absolute Gasteiger partial charge is 0.0276 e. The minimum absolute atomic E-state index is 1.23. The zero-order chi connectivity index (χ0) is 13.4. The van der Waals surface area contributed by atoms with E-state index in [1.54, 1.807) is 11.1 Å². The lowest BCUT2D eigenvalue weighted by Gasteiger charge is -2.13. The van der Waals surface area contributed by atoms with Gasteiger partial charge in [-0.3, -0.25) is 0 Å². The largest absolute Gasteiger partial charge is 0.0654 e. The van der Waals surface area contributed by atoms with E-state index >= 15 is 0 Å². The summed E-state index contributed by atoms with van der Waals surface area (Å²) in [4.78, 5) is 0. The van der Waals surface area contributed by atoms with Crippen molar-refractivity contribution < 1.29 is 0 Å². The first-order chi connectivity index (χ1) is 8.70. The Kier molecular flexibility index (Phi) is 7.08. The van der Waals surface area contributed by atoms with Gasteiger partial charge in [0.15, 0.2) is 0 Å². The van der Waals surface area contributed by atoms with Gasteiger partial charge in [-0.15, -0.1) is 0 Å². The molecule has 0 aromatic heterocycles. The van der Waals surface area contributed by atoms with Crippen LogP contribution in [0.5, 0.6) is 0 Å². The fourth-order valence-electron chi connectivity index (χ4n) is 2.66. The molecule has 0 aliphatic heterocycles. The molecule has 0 fully saturated rings. The molecule has 0 heterocycles. The number of unbranched alkanes of at least 4 members (excludes halogenated alkanes) is 4. The Balaban J connectivity index is 2.54. The third-order valence-electron chi connectivity index (χ3n) is 4.08. The fourth-order valence-corrected chi connectivity index (χ4v) is 2.66. The summed E-state index contributed by atoms with van der Waals surface area (Å²) >= 11 is 0. The molecule has 102 valence electrons. The molecule has 0 amide bonds. The van der Waals surface area contributed by atoms with Crippen LogP contribution in [-0.2, 0) is 12.8 Å². The summed E-state index contributed by atoms with van der Waals surface area (Å²) in [5, 5.41) is 0. The first-order valence-corrected chi connectivity index (χ1v) is 7.78. The quantitative estimate of drug-likeness (QED) is 0.511. The van der Waals surface area contributed by atoms with E-state index in [-0.39, 0.29) is 0 Å². The second-order valence-electron chi connectivity index (χ2n) is 5.55. The van der Waals surface area contributed by atoms with Crippen LogP contribution < -0.4 is 0 Å². The summed E-state index contributed by atoms with van der Waals surface area (Å²) in [5.74, 6) is 0.